The molecule has 2 saturated heterocycles. The van der Waals surface area contributed by atoms with Crippen molar-refractivity contribution in [3.8, 4) is 33.6 Å². The molecule has 58 heavy (non-hydrogen) atoms. The zero-order chi connectivity index (χ0) is 40.2. The van der Waals surface area contributed by atoms with E-state index in [9.17, 15) is 19.2 Å². The summed E-state index contributed by atoms with van der Waals surface area (Å²) in [6.07, 6.45) is 10.9. The van der Waals surface area contributed by atoms with Gasteiger partial charge in [0.15, 0.2) is 0 Å². The summed E-state index contributed by atoms with van der Waals surface area (Å²) in [4.78, 5) is 70.6. The summed E-state index contributed by atoms with van der Waals surface area (Å²) in [7, 11) is 2.60. The molecule has 2 aliphatic heterocycles. The Labute approximate surface area is 337 Å². The molecular weight excluding hydrogens is 737 g/mol. The number of benzene rings is 3. The zero-order valence-corrected chi connectivity index (χ0v) is 33.0. The molecule has 4 heterocycles. The third-order valence-corrected chi connectivity index (χ3v) is 12.0. The lowest BCUT2D eigenvalue weighted by Gasteiger charge is -2.34. The number of fused-ring (bicyclic) bond motifs is 1. The minimum Gasteiger partial charge on any atom is -0.453 e. The van der Waals surface area contributed by atoms with Crippen LogP contribution in [0.2, 0.25) is 0 Å². The Morgan fingerprint density at radius 1 is 0.672 bits per heavy atom. The predicted octanol–water partition coefficient (Wildman–Crippen LogP) is 7.27. The number of rotatable bonds is 10. The first-order valence-electron chi connectivity index (χ1n) is 20.3. The van der Waals surface area contributed by atoms with Gasteiger partial charge in [-0.25, -0.2) is 19.6 Å². The van der Waals surface area contributed by atoms with Gasteiger partial charge in [0.1, 0.15) is 24.2 Å². The first-order valence-corrected chi connectivity index (χ1v) is 20.3. The van der Waals surface area contributed by atoms with Crippen molar-refractivity contribution in [1.82, 2.24) is 40.4 Å². The predicted molar refractivity (Wildman–Crippen MR) is 218 cm³/mol. The number of H-pyrrole nitrogens is 2. The number of methoxy groups -OCH3 is 2. The van der Waals surface area contributed by atoms with Gasteiger partial charge in [0.25, 0.3) is 0 Å². The number of likely N-dealkylation sites (tertiary alicyclic amines) is 2. The number of nitrogens with zero attached hydrogens (tertiary/aromatic N) is 4. The molecule has 4 N–H and O–H groups in total. The van der Waals surface area contributed by atoms with Crippen LogP contribution in [0.25, 0.3) is 44.4 Å². The molecular formula is C44H50N8O6. The highest BCUT2D eigenvalue weighted by atomic mass is 16.5. The van der Waals surface area contributed by atoms with Crippen LogP contribution in [0.3, 0.4) is 0 Å². The fourth-order valence-corrected chi connectivity index (χ4v) is 8.94. The molecule has 0 bridgehead atoms. The summed E-state index contributed by atoms with van der Waals surface area (Å²) in [5.41, 5.74) is 5.94. The molecule has 4 amide bonds. The highest BCUT2D eigenvalue weighted by molar-refractivity contribution is 5.91. The van der Waals surface area contributed by atoms with E-state index in [1.165, 1.54) is 14.2 Å². The van der Waals surface area contributed by atoms with Crippen molar-refractivity contribution in [2.45, 2.75) is 75.9 Å². The Hall–Kier alpha value is -6.18. The summed E-state index contributed by atoms with van der Waals surface area (Å²) in [5, 5.41) is 7.54. The van der Waals surface area contributed by atoms with Gasteiger partial charge in [-0.2, -0.15) is 0 Å². The van der Waals surface area contributed by atoms with E-state index >= 15 is 0 Å². The van der Waals surface area contributed by atoms with E-state index in [0.717, 1.165) is 114 Å². The molecule has 302 valence electrons. The van der Waals surface area contributed by atoms with Gasteiger partial charge in [0.2, 0.25) is 11.8 Å². The van der Waals surface area contributed by atoms with Crippen LogP contribution in [0.15, 0.2) is 73.1 Å². The molecule has 3 atom stereocenters. The van der Waals surface area contributed by atoms with E-state index in [1.807, 2.05) is 17.3 Å². The third-order valence-electron chi connectivity index (χ3n) is 12.0. The number of alkyl carbamates (subject to hydrolysis) is 2. The third kappa shape index (κ3) is 8.13. The second kappa shape index (κ2) is 17.1. The Morgan fingerprint density at radius 2 is 1.22 bits per heavy atom. The SMILES string of the molecule is COC(=O)NCC(=O)N1CCC[C@H]1c1ncc(-c2ccc3cc(-c4ccc(-c5cnc([C@@H]6CCCN6C(=O)[C@@H](NC(=O)OC)C6CCCCC6)[nH]5)cc4)ccc3c2)[nH]1. The van der Waals surface area contributed by atoms with E-state index in [0.29, 0.717) is 13.1 Å². The average molecular weight is 787 g/mol. The second-order valence-corrected chi connectivity index (χ2v) is 15.5. The number of ether oxygens (including phenoxy) is 2. The molecule has 5 aromatic rings. The van der Waals surface area contributed by atoms with Gasteiger partial charge in [0.05, 0.1) is 50.1 Å². The highest BCUT2D eigenvalue weighted by Crippen LogP contribution is 2.36. The zero-order valence-electron chi connectivity index (χ0n) is 33.0. The van der Waals surface area contributed by atoms with Gasteiger partial charge in [-0.3, -0.25) is 9.59 Å². The van der Waals surface area contributed by atoms with Crippen molar-refractivity contribution in [1.29, 1.82) is 0 Å². The van der Waals surface area contributed by atoms with E-state index in [2.05, 4.69) is 91.0 Å². The number of amides is 4. The average Bonchev–Trinajstić information content (AvgIpc) is 4.11. The maximum absolute atomic E-state index is 14.0. The van der Waals surface area contributed by atoms with Crippen molar-refractivity contribution in [3.63, 3.8) is 0 Å². The number of carbonyl (C=O) groups is 4. The maximum Gasteiger partial charge on any atom is 0.407 e. The van der Waals surface area contributed by atoms with E-state index in [4.69, 9.17) is 9.72 Å². The maximum atomic E-state index is 14.0. The number of nitrogens with one attached hydrogen (secondary N) is 4. The number of hydrogen-bond donors (Lipinski definition) is 4. The monoisotopic (exact) mass is 786 g/mol. The first-order chi connectivity index (χ1) is 28.3. The minimum absolute atomic E-state index is 0.0572. The van der Waals surface area contributed by atoms with Crippen LogP contribution in [-0.4, -0.2) is 93.6 Å². The van der Waals surface area contributed by atoms with Crippen molar-refractivity contribution < 1.29 is 28.7 Å². The van der Waals surface area contributed by atoms with Crippen molar-refractivity contribution in [2.24, 2.45) is 5.92 Å². The largest absolute Gasteiger partial charge is 0.453 e. The molecule has 0 radical (unpaired) electrons. The molecule has 2 aromatic heterocycles. The highest BCUT2D eigenvalue weighted by Gasteiger charge is 2.40. The summed E-state index contributed by atoms with van der Waals surface area (Å²) in [6.45, 7) is 1.11. The first kappa shape index (κ1) is 38.7. The molecule has 8 rings (SSSR count). The molecule has 3 aliphatic rings. The topological polar surface area (TPSA) is 175 Å². The standard InChI is InChI=1S/C44H50N8O6/c1-57-43(55)47-26-38(53)51-20-6-10-36(51)40-46-25-35(49-40)33-19-18-31-22-30(16-17-32(31)23-33)27-12-14-28(15-13-27)34-24-45-41(48-34)37-11-7-21-52(37)42(54)39(50-44(56)58-2)29-8-4-3-5-9-29/h12-19,22-25,29,36-37,39H,3-11,20-21,26H2,1-2H3,(H,45,48)(H,46,49)(H,47,55)(H,50,56)/t36-,37-,39-/m0/s1. The number of imidazole rings is 2. The lowest BCUT2D eigenvalue weighted by Crippen LogP contribution is -2.52. The van der Waals surface area contributed by atoms with Gasteiger partial charge in [0, 0.05) is 18.7 Å². The van der Waals surface area contributed by atoms with Crippen LogP contribution in [0, 0.1) is 5.92 Å². The Morgan fingerprint density at radius 3 is 1.88 bits per heavy atom. The smallest absolute Gasteiger partial charge is 0.407 e. The lowest BCUT2D eigenvalue weighted by molar-refractivity contribution is -0.136. The summed E-state index contributed by atoms with van der Waals surface area (Å²) in [5.74, 6) is 1.36. The number of aromatic amines is 2. The molecule has 3 aromatic carbocycles. The van der Waals surface area contributed by atoms with Gasteiger partial charge < -0.3 is 39.9 Å². The molecule has 3 fully saturated rings. The van der Waals surface area contributed by atoms with Gasteiger partial charge in [-0.1, -0.05) is 67.8 Å². The van der Waals surface area contributed by atoms with Crippen LogP contribution >= 0.6 is 0 Å². The fraction of sp³-hybridized carbons (Fsp3) is 0.409. The lowest BCUT2D eigenvalue weighted by atomic mass is 9.83. The summed E-state index contributed by atoms with van der Waals surface area (Å²) < 4.78 is 9.49. The molecule has 14 heteroatoms. The fourth-order valence-electron chi connectivity index (χ4n) is 8.94. The normalized spacial score (nSPS) is 18.9. The minimum atomic E-state index is -0.634. The molecule has 1 aliphatic carbocycles. The molecule has 0 unspecified atom stereocenters. The van der Waals surface area contributed by atoms with E-state index in [1.54, 1.807) is 4.90 Å². The van der Waals surface area contributed by atoms with Crippen molar-refractivity contribution >= 4 is 34.8 Å². The van der Waals surface area contributed by atoms with Gasteiger partial charge >= 0.3 is 12.2 Å². The van der Waals surface area contributed by atoms with Crippen LogP contribution in [0.5, 0.6) is 0 Å². The Bertz CT molecular complexity index is 2280. The van der Waals surface area contributed by atoms with Gasteiger partial charge in [-0.15, -0.1) is 0 Å². The van der Waals surface area contributed by atoms with Crippen LogP contribution in [-0.2, 0) is 19.1 Å². The second-order valence-electron chi connectivity index (χ2n) is 15.5. The Kier molecular flexibility index (Phi) is 11.4. The van der Waals surface area contributed by atoms with Crippen LogP contribution in [0.4, 0.5) is 9.59 Å². The van der Waals surface area contributed by atoms with Crippen LogP contribution in [0.1, 0.15) is 81.5 Å². The quantitative estimate of drug-likeness (QED) is 0.114. The molecule has 0 spiro atoms. The summed E-state index contributed by atoms with van der Waals surface area (Å²) in [6, 6.07) is 20.2. The van der Waals surface area contributed by atoms with E-state index in [-0.39, 0.29) is 36.4 Å². The van der Waals surface area contributed by atoms with Crippen molar-refractivity contribution in [3.05, 3.63) is 84.7 Å². The molecule has 1 saturated carbocycles. The van der Waals surface area contributed by atoms with Crippen LogP contribution < -0.4 is 10.6 Å². The number of carbonyl (C=O) groups excluding carboxylic acids is 4. The summed E-state index contributed by atoms with van der Waals surface area (Å²) >= 11 is 0. The van der Waals surface area contributed by atoms with Crippen molar-refractivity contribution in [2.75, 3.05) is 33.9 Å². The Balaban J connectivity index is 0.930. The number of aromatic nitrogens is 4. The van der Waals surface area contributed by atoms with Gasteiger partial charge in [-0.05, 0) is 84.0 Å². The molecule has 14 nitrogen and oxygen atoms in total. The number of hydrogen-bond acceptors (Lipinski definition) is 8. The van der Waals surface area contributed by atoms with E-state index < -0.39 is 18.2 Å².